The van der Waals surface area contributed by atoms with E-state index in [1.807, 2.05) is 0 Å². The van der Waals surface area contributed by atoms with E-state index in [-0.39, 0.29) is 18.4 Å². The Morgan fingerprint density at radius 2 is 2.19 bits per heavy atom. The lowest BCUT2D eigenvalue weighted by Gasteiger charge is -2.35. The number of carboxylic acids is 1. The molecule has 1 aliphatic heterocycles. The van der Waals surface area contributed by atoms with Crippen LogP contribution in [-0.4, -0.2) is 41.6 Å². The number of aliphatic carboxylic acids is 1. The van der Waals surface area contributed by atoms with Gasteiger partial charge in [0.05, 0.1) is 19.1 Å². The van der Waals surface area contributed by atoms with Gasteiger partial charge in [-0.1, -0.05) is 15.9 Å². The SMILES string of the molecule is COc1cc(Br)ccc1C(=O)N1CCCCC1CC(=O)O. The third-order valence-electron chi connectivity index (χ3n) is 3.69. The highest BCUT2D eigenvalue weighted by atomic mass is 79.9. The molecule has 2 rings (SSSR count). The van der Waals surface area contributed by atoms with Crippen LogP contribution in [-0.2, 0) is 4.79 Å². The Morgan fingerprint density at radius 3 is 2.86 bits per heavy atom. The minimum absolute atomic E-state index is 0.00934. The van der Waals surface area contributed by atoms with Crippen LogP contribution in [0.15, 0.2) is 22.7 Å². The van der Waals surface area contributed by atoms with Gasteiger partial charge in [-0.05, 0) is 37.5 Å². The first-order valence-electron chi connectivity index (χ1n) is 6.89. The molecule has 1 aromatic carbocycles. The summed E-state index contributed by atoms with van der Waals surface area (Å²) < 4.78 is 6.09. The monoisotopic (exact) mass is 355 g/mol. The van der Waals surface area contributed by atoms with Crippen molar-refractivity contribution in [2.45, 2.75) is 31.7 Å². The molecule has 0 saturated carbocycles. The molecule has 0 spiro atoms. The maximum absolute atomic E-state index is 12.7. The molecule has 0 radical (unpaired) electrons. The summed E-state index contributed by atoms with van der Waals surface area (Å²) in [5, 5.41) is 9.00. The summed E-state index contributed by atoms with van der Waals surface area (Å²) in [7, 11) is 1.52. The maximum atomic E-state index is 12.7. The van der Waals surface area contributed by atoms with Crippen LogP contribution in [0.5, 0.6) is 5.75 Å². The number of carbonyl (C=O) groups excluding carboxylic acids is 1. The van der Waals surface area contributed by atoms with Gasteiger partial charge in [0.25, 0.3) is 5.91 Å². The predicted molar refractivity (Wildman–Crippen MR) is 81.6 cm³/mol. The highest BCUT2D eigenvalue weighted by Gasteiger charge is 2.30. The number of benzene rings is 1. The number of piperidine rings is 1. The molecule has 1 atom stereocenters. The summed E-state index contributed by atoms with van der Waals surface area (Å²) >= 11 is 3.34. The Hall–Kier alpha value is -1.56. The minimum atomic E-state index is -0.873. The zero-order valence-electron chi connectivity index (χ0n) is 11.8. The average Bonchev–Trinajstić information content (AvgIpc) is 2.46. The van der Waals surface area contributed by atoms with Crippen LogP contribution in [0.25, 0.3) is 0 Å². The van der Waals surface area contributed by atoms with Crippen LogP contribution >= 0.6 is 15.9 Å². The van der Waals surface area contributed by atoms with E-state index in [1.165, 1.54) is 7.11 Å². The predicted octanol–water partition coefficient (Wildman–Crippen LogP) is 2.93. The van der Waals surface area contributed by atoms with Gasteiger partial charge in [-0.15, -0.1) is 0 Å². The molecule has 6 heteroatoms. The number of hydrogen-bond acceptors (Lipinski definition) is 3. The number of amides is 1. The van der Waals surface area contributed by atoms with Crippen molar-refractivity contribution in [1.29, 1.82) is 0 Å². The molecule has 5 nitrogen and oxygen atoms in total. The smallest absolute Gasteiger partial charge is 0.305 e. The van der Waals surface area contributed by atoms with Gasteiger partial charge in [0.1, 0.15) is 5.75 Å². The molecule has 21 heavy (non-hydrogen) atoms. The van der Waals surface area contributed by atoms with E-state index in [1.54, 1.807) is 23.1 Å². The van der Waals surface area contributed by atoms with Crippen molar-refractivity contribution in [2.75, 3.05) is 13.7 Å². The standard InChI is InChI=1S/C15H18BrNO4/c1-21-13-8-10(16)5-6-12(13)15(20)17-7-3-2-4-11(17)9-14(18)19/h5-6,8,11H,2-4,7,9H2,1H3,(H,18,19). The molecule has 0 aliphatic carbocycles. The van der Waals surface area contributed by atoms with Crippen molar-refractivity contribution < 1.29 is 19.4 Å². The van der Waals surface area contributed by atoms with Crippen LogP contribution in [0.3, 0.4) is 0 Å². The van der Waals surface area contributed by atoms with E-state index in [0.29, 0.717) is 17.9 Å². The Kier molecular flexibility index (Phi) is 5.22. The largest absolute Gasteiger partial charge is 0.496 e. The second kappa shape index (κ2) is 6.93. The molecule has 1 fully saturated rings. The third kappa shape index (κ3) is 3.75. The fourth-order valence-electron chi connectivity index (χ4n) is 2.68. The molecule has 1 N–H and O–H groups in total. The summed E-state index contributed by atoms with van der Waals surface area (Å²) in [5.74, 6) is -0.540. The summed E-state index contributed by atoms with van der Waals surface area (Å²) in [6.07, 6.45) is 2.58. The summed E-state index contributed by atoms with van der Waals surface area (Å²) in [6, 6.07) is 4.99. The maximum Gasteiger partial charge on any atom is 0.305 e. The van der Waals surface area contributed by atoms with Gasteiger partial charge >= 0.3 is 5.97 Å². The molecule has 1 saturated heterocycles. The molecule has 114 valence electrons. The normalized spacial score (nSPS) is 18.4. The minimum Gasteiger partial charge on any atom is -0.496 e. The van der Waals surface area contributed by atoms with Crippen LogP contribution in [0.2, 0.25) is 0 Å². The number of nitrogens with zero attached hydrogens (tertiary/aromatic N) is 1. The van der Waals surface area contributed by atoms with Gasteiger partial charge in [0.2, 0.25) is 0 Å². The number of rotatable bonds is 4. The number of carboxylic acid groups (broad SMARTS) is 1. The van der Waals surface area contributed by atoms with Gasteiger partial charge < -0.3 is 14.7 Å². The second-order valence-corrected chi connectivity index (χ2v) is 6.01. The van der Waals surface area contributed by atoms with E-state index >= 15 is 0 Å². The first kappa shape index (κ1) is 15.8. The van der Waals surface area contributed by atoms with Crippen molar-refractivity contribution in [3.05, 3.63) is 28.2 Å². The molecule has 0 aromatic heterocycles. The molecule has 1 heterocycles. The average molecular weight is 356 g/mol. The third-order valence-corrected chi connectivity index (χ3v) is 4.19. The fourth-order valence-corrected chi connectivity index (χ4v) is 3.02. The quantitative estimate of drug-likeness (QED) is 0.901. The Bertz CT molecular complexity index is 546. The van der Waals surface area contributed by atoms with Crippen molar-refractivity contribution in [2.24, 2.45) is 0 Å². The first-order chi connectivity index (χ1) is 10.0. The Labute approximate surface area is 132 Å². The van der Waals surface area contributed by atoms with Crippen LogP contribution < -0.4 is 4.74 Å². The fraction of sp³-hybridized carbons (Fsp3) is 0.467. The molecule has 1 aromatic rings. The lowest BCUT2D eigenvalue weighted by Crippen LogP contribution is -2.44. The molecule has 1 unspecified atom stereocenters. The van der Waals surface area contributed by atoms with E-state index in [4.69, 9.17) is 9.84 Å². The Morgan fingerprint density at radius 1 is 1.43 bits per heavy atom. The van der Waals surface area contributed by atoms with Crippen molar-refractivity contribution >= 4 is 27.8 Å². The van der Waals surface area contributed by atoms with Gasteiger partial charge in [0.15, 0.2) is 0 Å². The summed E-state index contributed by atoms with van der Waals surface area (Å²) in [4.78, 5) is 25.4. The highest BCUT2D eigenvalue weighted by Crippen LogP contribution is 2.28. The van der Waals surface area contributed by atoms with Crippen molar-refractivity contribution in [3.63, 3.8) is 0 Å². The first-order valence-corrected chi connectivity index (χ1v) is 7.68. The topological polar surface area (TPSA) is 66.8 Å². The number of halogens is 1. The van der Waals surface area contributed by atoms with Crippen LogP contribution in [0.1, 0.15) is 36.0 Å². The van der Waals surface area contributed by atoms with Crippen LogP contribution in [0, 0.1) is 0 Å². The van der Waals surface area contributed by atoms with E-state index in [2.05, 4.69) is 15.9 Å². The lowest BCUT2D eigenvalue weighted by atomic mass is 9.98. The number of ether oxygens (including phenoxy) is 1. The van der Waals surface area contributed by atoms with E-state index < -0.39 is 5.97 Å². The second-order valence-electron chi connectivity index (χ2n) is 5.09. The summed E-state index contributed by atoms with van der Waals surface area (Å²) in [6.45, 7) is 0.593. The molecular weight excluding hydrogens is 338 g/mol. The van der Waals surface area contributed by atoms with Crippen molar-refractivity contribution in [1.82, 2.24) is 4.90 Å². The highest BCUT2D eigenvalue weighted by molar-refractivity contribution is 9.10. The van der Waals surface area contributed by atoms with E-state index in [9.17, 15) is 9.59 Å². The van der Waals surface area contributed by atoms with Crippen LogP contribution in [0.4, 0.5) is 0 Å². The zero-order chi connectivity index (χ0) is 15.4. The van der Waals surface area contributed by atoms with Crippen molar-refractivity contribution in [3.8, 4) is 5.75 Å². The Balaban J connectivity index is 2.26. The number of carbonyl (C=O) groups is 2. The molecular formula is C15H18BrNO4. The van der Waals surface area contributed by atoms with Gasteiger partial charge in [-0.3, -0.25) is 9.59 Å². The zero-order valence-corrected chi connectivity index (χ0v) is 13.4. The number of methoxy groups -OCH3 is 1. The number of likely N-dealkylation sites (tertiary alicyclic amines) is 1. The van der Waals surface area contributed by atoms with Gasteiger partial charge in [-0.25, -0.2) is 0 Å². The number of hydrogen-bond donors (Lipinski definition) is 1. The summed E-state index contributed by atoms with van der Waals surface area (Å²) in [5.41, 5.74) is 0.470. The molecule has 1 aliphatic rings. The molecule has 0 bridgehead atoms. The molecule has 1 amide bonds. The lowest BCUT2D eigenvalue weighted by molar-refractivity contribution is -0.138. The van der Waals surface area contributed by atoms with Gasteiger partial charge in [-0.2, -0.15) is 0 Å². The van der Waals surface area contributed by atoms with Gasteiger partial charge in [0, 0.05) is 17.1 Å². The van der Waals surface area contributed by atoms with E-state index in [0.717, 1.165) is 23.7 Å².